The lowest BCUT2D eigenvalue weighted by molar-refractivity contribution is -0.142. The van der Waals surface area contributed by atoms with Gasteiger partial charge in [0.15, 0.2) is 5.96 Å². The Hall–Kier alpha value is -3.36. The van der Waals surface area contributed by atoms with Crippen LogP contribution >= 0.6 is 11.8 Å². The molecule has 0 saturated heterocycles. The number of carbonyl (C=O) groups is 4. The van der Waals surface area contributed by atoms with Crippen molar-refractivity contribution >= 4 is 41.4 Å². The minimum atomic E-state index is -1.18. The predicted molar refractivity (Wildman–Crippen MR) is 157 cm³/mol. The van der Waals surface area contributed by atoms with Crippen LogP contribution in [0, 0.1) is 0 Å². The van der Waals surface area contributed by atoms with Gasteiger partial charge in [-0.3, -0.25) is 19.4 Å². The average Bonchev–Trinajstić information content (AvgIpc) is 2.92. The van der Waals surface area contributed by atoms with Gasteiger partial charge in [-0.15, -0.1) is 0 Å². The number of aliphatic carboxylic acids is 1. The van der Waals surface area contributed by atoms with E-state index in [4.69, 9.17) is 22.9 Å². The maximum absolute atomic E-state index is 13.4. The number of hydrogen-bond acceptors (Lipinski definition) is 8. The zero-order valence-corrected chi connectivity index (χ0v) is 23.8. The molecule has 0 bridgehead atoms. The van der Waals surface area contributed by atoms with Crippen LogP contribution in [0.2, 0.25) is 0 Å². The third-order valence-corrected chi connectivity index (χ3v) is 6.67. The molecule has 0 aliphatic carbocycles. The molecule has 3 amide bonds. The fourth-order valence-corrected chi connectivity index (χ4v) is 4.27. The molecule has 0 saturated carbocycles. The van der Waals surface area contributed by atoms with Gasteiger partial charge in [-0.2, -0.15) is 11.8 Å². The number of unbranched alkanes of at least 4 members (excludes halogenated alkanes) is 1. The Labute approximate surface area is 239 Å². The summed E-state index contributed by atoms with van der Waals surface area (Å²) in [6, 6.07) is 4.92. The van der Waals surface area contributed by atoms with Gasteiger partial charge in [0.25, 0.3) is 0 Å². The van der Waals surface area contributed by atoms with Crippen LogP contribution in [0.25, 0.3) is 0 Å². The molecule has 0 aliphatic heterocycles. The molecule has 1 rings (SSSR count). The highest BCUT2D eigenvalue weighted by atomic mass is 32.2. The van der Waals surface area contributed by atoms with Crippen molar-refractivity contribution in [2.45, 2.75) is 69.1 Å². The first-order valence-corrected chi connectivity index (χ1v) is 14.7. The van der Waals surface area contributed by atoms with Crippen LogP contribution in [-0.2, 0) is 25.6 Å². The van der Waals surface area contributed by atoms with E-state index in [0.717, 1.165) is 5.56 Å². The molecule has 0 aromatic heterocycles. The maximum atomic E-state index is 13.4. The number of thioether (sulfide) groups is 1. The van der Waals surface area contributed by atoms with Gasteiger partial charge in [0, 0.05) is 13.0 Å². The molecule has 0 heterocycles. The Morgan fingerprint density at radius 1 is 0.875 bits per heavy atom. The van der Waals surface area contributed by atoms with Gasteiger partial charge < -0.3 is 44.0 Å². The molecular formula is C26H44N8O5S. The highest BCUT2D eigenvalue weighted by Gasteiger charge is 2.30. The maximum Gasteiger partial charge on any atom is 0.326 e. The number of hydrogen-bond donors (Lipinski definition) is 8. The van der Waals surface area contributed by atoms with Crippen LogP contribution in [0.3, 0.4) is 0 Å². The number of rotatable bonds is 20. The second-order valence-electron chi connectivity index (χ2n) is 9.33. The lowest BCUT2D eigenvalue weighted by Gasteiger charge is -2.25. The normalized spacial score (nSPS) is 13.8. The Bertz CT molecular complexity index is 962. The fraction of sp³-hybridized carbons (Fsp3) is 0.577. The lowest BCUT2D eigenvalue weighted by atomic mass is 10.0. The van der Waals surface area contributed by atoms with Crippen molar-refractivity contribution in [2.24, 2.45) is 27.9 Å². The van der Waals surface area contributed by atoms with Crippen molar-refractivity contribution < 1.29 is 24.3 Å². The SMILES string of the molecule is CSCCC(N)C(=O)NC(CCCN=C(N)N)C(=O)NC(Cc1ccccc1)C(=O)NC(CCCCN)C(=O)O. The molecule has 12 N–H and O–H groups in total. The number of carbonyl (C=O) groups excluding carboxylic acids is 3. The molecule has 0 radical (unpaired) electrons. The first-order valence-electron chi connectivity index (χ1n) is 13.3. The molecule has 1 aromatic rings. The third-order valence-electron chi connectivity index (χ3n) is 6.03. The first kappa shape index (κ1) is 34.7. The number of nitrogens with two attached hydrogens (primary N) is 4. The standard InChI is InChI=1S/C26H44N8O5S/c1-40-15-12-18(28)22(35)32-19(11-7-14-31-26(29)30)23(36)34-21(16-17-8-3-2-4-9-17)24(37)33-20(25(38)39)10-5-6-13-27/h2-4,8-9,18-21H,5-7,10-16,27-28H2,1H3,(H,32,35)(H,33,37)(H,34,36)(H,38,39)(H4,29,30,31). The number of amides is 3. The number of aliphatic imine (C=N–C) groups is 1. The van der Waals surface area contributed by atoms with Gasteiger partial charge in [0.2, 0.25) is 17.7 Å². The number of carboxylic acid groups (broad SMARTS) is 1. The van der Waals surface area contributed by atoms with Gasteiger partial charge in [0.05, 0.1) is 6.04 Å². The summed E-state index contributed by atoms with van der Waals surface area (Å²) >= 11 is 1.55. The molecule has 4 atom stereocenters. The van der Waals surface area contributed by atoms with E-state index >= 15 is 0 Å². The molecule has 0 aliphatic rings. The summed E-state index contributed by atoms with van der Waals surface area (Å²) in [5.41, 5.74) is 23.0. The van der Waals surface area contributed by atoms with E-state index in [0.29, 0.717) is 38.0 Å². The summed E-state index contributed by atoms with van der Waals surface area (Å²) in [5.74, 6) is -2.36. The summed E-state index contributed by atoms with van der Waals surface area (Å²) in [7, 11) is 0. The number of guanidine groups is 1. The van der Waals surface area contributed by atoms with Crippen molar-refractivity contribution in [3.05, 3.63) is 35.9 Å². The highest BCUT2D eigenvalue weighted by Crippen LogP contribution is 2.08. The third kappa shape index (κ3) is 14.1. The van der Waals surface area contributed by atoms with Gasteiger partial charge in [0.1, 0.15) is 18.1 Å². The molecule has 14 heteroatoms. The van der Waals surface area contributed by atoms with Crippen LogP contribution < -0.4 is 38.9 Å². The molecule has 1 aromatic carbocycles. The van der Waals surface area contributed by atoms with Crippen LogP contribution in [0.1, 0.15) is 44.1 Å². The van der Waals surface area contributed by atoms with E-state index in [2.05, 4.69) is 20.9 Å². The Morgan fingerprint density at radius 2 is 1.48 bits per heavy atom. The van der Waals surface area contributed by atoms with Gasteiger partial charge in [-0.1, -0.05) is 30.3 Å². The number of carboxylic acids is 1. The van der Waals surface area contributed by atoms with E-state index in [1.54, 1.807) is 36.0 Å². The lowest BCUT2D eigenvalue weighted by Crippen LogP contribution is -2.57. The largest absolute Gasteiger partial charge is 0.480 e. The molecule has 13 nitrogen and oxygen atoms in total. The molecule has 0 spiro atoms. The van der Waals surface area contributed by atoms with E-state index in [-0.39, 0.29) is 31.8 Å². The molecule has 40 heavy (non-hydrogen) atoms. The fourth-order valence-electron chi connectivity index (χ4n) is 3.78. The smallest absolute Gasteiger partial charge is 0.326 e. The van der Waals surface area contributed by atoms with E-state index < -0.39 is 47.9 Å². The zero-order valence-electron chi connectivity index (χ0n) is 23.0. The highest BCUT2D eigenvalue weighted by molar-refractivity contribution is 7.98. The summed E-state index contributed by atoms with van der Waals surface area (Å²) in [6.45, 7) is 0.641. The molecule has 224 valence electrons. The Kier molecular flexibility index (Phi) is 17.0. The van der Waals surface area contributed by atoms with Crippen molar-refractivity contribution in [3.8, 4) is 0 Å². The first-order chi connectivity index (χ1) is 19.1. The van der Waals surface area contributed by atoms with Gasteiger partial charge >= 0.3 is 5.97 Å². The van der Waals surface area contributed by atoms with Crippen LogP contribution in [-0.4, -0.2) is 84.0 Å². The van der Waals surface area contributed by atoms with Crippen molar-refractivity contribution in [1.82, 2.24) is 16.0 Å². The average molecular weight is 581 g/mol. The van der Waals surface area contributed by atoms with Crippen LogP contribution in [0.5, 0.6) is 0 Å². The number of benzene rings is 1. The minimum absolute atomic E-state index is 0.0943. The van der Waals surface area contributed by atoms with Crippen LogP contribution in [0.4, 0.5) is 0 Å². The summed E-state index contributed by atoms with van der Waals surface area (Å²) in [4.78, 5) is 55.1. The van der Waals surface area contributed by atoms with E-state index in [1.807, 2.05) is 12.3 Å². The van der Waals surface area contributed by atoms with E-state index in [1.165, 1.54) is 0 Å². The topological polar surface area (TPSA) is 241 Å². The van der Waals surface area contributed by atoms with Crippen LogP contribution in [0.15, 0.2) is 35.3 Å². The zero-order chi connectivity index (χ0) is 29.9. The van der Waals surface area contributed by atoms with Crippen molar-refractivity contribution in [3.63, 3.8) is 0 Å². The minimum Gasteiger partial charge on any atom is -0.480 e. The number of nitrogens with zero attached hydrogens (tertiary/aromatic N) is 1. The predicted octanol–water partition coefficient (Wildman–Crippen LogP) is -0.969. The number of nitrogens with one attached hydrogen (secondary N) is 3. The molecular weight excluding hydrogens is 536 g/mol. The Balaban J connectivity index is 3.11. The molecule has 0 fully saturated rings. The Morgan fingerprint density at radius 3 is 2.08 bits per heavy atom. The quantitative estimate of drug-likeness (QED) is 0.0533. The summed E-state index contributed by atoms with van der Waals surface area (Å²) < 4.78 is 0. The second-order valence-corrected chi connectivity index (χ2v) is 10.3. The van der Waals surface area contributed by atoms with Gasteiger partial charge in [-0.05, 0) is 62.6 Å². The van der Waals surface area contributed by atoms with Crippen molar-refractivity contribution in [2.75, 3.05) is 25.1 Å². The summed E-state index contributed by atoms with van der Waals surface area (Å²) in [6.07, 6.45) is 4.31. The molecule has 4 unspecified atom stereocenters. The summed E-state index contributed by atoms with van der Waals surface area (Å²) in [5, 5.41) is 17.5. The van der Waals surface area contributed by atoms with Gasteiger partial charge in [-0.25, -0.2) is 4.79 Å². The van der Waals surface area contributed by atoms with Crippen molar-refractivity contribution in [1.29, 1.82) is 0 Å². The second kappa shape index (κ2) is 19.7. The monoisotopic (exact) mass is 580 g/mol. The van der Waals surface area contributed by atoms with E-state index in [9.17, 15) is 24.3 Å².